The summed E-state index contributed by atoms with van der Waals surface area (Å²) in [5, 5.41) is 19.8. The van der Waals surface area contributed by atoms with Crippen LogP contribution in [0.3, 0.4) is 0 Å². The standard InChI is InChI=1S/C9H11N3O6S/c1-11(5-9(10)14)19(17,18)6-2-3-8(13)7(4-6)12(15)16/h2-4,13H,5H2,1H3,(H2,10,14). The molecule has 9 nitrogen and oxygen atoms in total. The second kappa shape index (κ2) is 5.20. The number of carbonyl (C=O) groups is 1. The van der Waals surface area contributed by atoms with Gasteiger partial charge >= 0.3 is 5.69 Å². The molecule has 0 unspecified atom stereocenters. The highest BCUT2D eigenvalue weighted by Gasteiger charge is 2.25. The first-order chi connectivity index (χ1) is 8.66. The van der Waals surface area contributed by atoms with Crippen LogP contribution in [-0.2, 0) is 14.8 Å². The van der Waals surface area contributed by atoms with Crippen molar-refractivity contribution in [3.63, 3.8) is 0 Å². The number of sulfonamides is 1. The van der Waals surface area contributed by atoms with Crippen LogP contribution in [0.25, 0.3) is 0 Å². The zero-order valence-corrected chi connectivity index (χ0v) is 10.6. The lowest BCUT2D eigenvalue weighted by atomic mass is 10.3. The van der Waals surface area contributed by atoms with Gasteiger partial charge in [0.2, 0.25) is 15.9 Å². The molecule has 0 aliphatic heterocycles. The highest BCUT2D eigenvalue weighted by atomic mass is 32.2. The summed E-state index contributed by atoms with van der Waals surface area (Å²) in [4.78, 5) is 20.0. The first-order valence-electron chi connectivity index (χ1n) is 4.88. The van der Waals surface area contributed by atoms with Crippen LogP contribution < -0.4 is 5.73 Å². The fourth-order valence-corrected chi connectivity index (χ4v) is 2.45. The van der Waals surface area contributed by atoms with Gasteiger partial charge in [-0.05, 0) is 12.1 Å². The number of likely N-dealkylation sites (N-methyl/N-ethyl adjacent to an activating group) is 1. The molecular formula is C9H11N3O6S. The van der Waals surface area contributed by atoms with Gasteiger partial charge in [0.1, 0.15) is 0 Å². The Kier molecular flexibility index (Phi) is 4.07. The van der Waals surface area contributed by atoms with E-state index in [0.29, 0.717) is 10.4 Å². The van der Waals surface area contributed by atoms with Crippen LogP contribution in [0, 0.1) is 10.1 Å². The summed E-state index contributed by atoms with van der Waals surface area (Å²) < 4.78 is 24.6. The smallest absolute Gasteiger partial charge is 0.312 e. The monoisotopic (exact) mass is 289 g/mol. The summed E-state index contributed by atoms with van der Waals surface area (Å²) in [7, 11) is -2.98. The number of phenolic OH excluding ortho intramolecular Hbond substituents is 1. The molecule has 0 spiro atoms. The second-order valence-corrected chi connectivity index (χ2v) is 5.68. The SMILES string of the molecule is CN(CC(N)=O)S(=O)(=O)c1ccc(O)c([N+](=O)[O-])c1. The van der Waals surface area contributed by atoms with E-state index >= 15 is 0 Å². The van der Waals surface area contributed by atoms with Crippen molar-refractivity contribution in [1.29, 1.82) is 0 Å². The molecule has 0 fully saturated rings. The van der Waals surface area contributed by atoms with E-state index in [1.54, 1.807) is 0 Å². The van der Waals surface area contributed by atoms with Crippen molar-refractivity contribution in [1.82, 2.24) is 4.31 Å². The zero-order chi connectivity index (χ0) is 14.8. The number of phenols is 1. The van der Waals surface area contributed by atoms with Crippen LogP contribution in [-0.4, -0.2) is 42.3 Å². The number of hydrogen-bond acceptors (Lipinski definition) is 6. The second-order valence-electron chi connectivity index (χ2n) is 3.64. The van der Waals surface area contributed by atoms with Crippen LogP contribution >= 0.6 is 0 Å². The first-order valence-corrected chi connectivity index (χ1v) is 6.32. The summed E-state index contributed by atoms with van der Waals surface area (Å²) in [6.45, 7) is -0.559. The van der Waals surface area contributed by atoms with Crippen molar-refractivity contribution in [3.8, 4) is 5.75 Å². The highest BCUT2D eigenvalue weighted by Crippen LogP contribution is 2.29. The molecule has 0 saturated carbocycles. The molecule has 0 heterocycles. The Bertz CT molecular complexity index is 627. The molecule has 0 saturated heterocycles. The summed E-state index contributed by atoms with van der Waals surface area (Å²) in [5.41, 5.74) is 4.14. The van der Waals surface area contributed by atoms with E-state index in [-0.39, 0.29) is 0 Å². The van der Waals surface area contributed by atoms with Crippen LogP contribution in [0.4, 0.5) is 5.69 Å². The molecule has 104 valence electrons. The molecule has 0 atom stereocenters. The van der Waals surface area contributed by atoms with Crippen molar-refractivity contribution >= 4 is 21.6 Å². The predicted molar refractivity (Wildman–Crippen MR) is 63.8 cm³/mol. The van der Waals surface area contributed by atoms with Gasteiger partial charge in [0.05, 0.1) is 16.4 Å². The molecule has 0 aliphatic carbocycles. The molecule has 0 radical (unpaired) electrons. The number of nitrogens with two attached hydrogens (primary N) is 1. The van der Waals surface area contributed by atoms with E-state index in [0.717, 1.165) is 19.2 Å². The van der Waals surface area contributed by atoms with Gasteiger partial charge in [0.25, 0.3) is 0 Å². The van der Waals surface area contributed by atoms with Crippen molar-refractivity contribution in [2.75, 3.05) is 13.6 Å². The highest BCUT2D eigenvalue weighted by molar-refractivity contribution is 7.89. The number of rotatable bonds is 5. The average molecular weight is 289 g/mol. The molecule has 1 rings (SSSR count). The largest absolute Gasteiger partial charge is 0.502 e. The topological polar surface area (TPSA) is 144 Å². The molecule has 10 heteroatoms. The van der Waals surface area contributed by atoms with E-state index in [9.17, 15) is 28.4 Å². The molecule has 0 aliphatic rings. The average Bonchev–Trinajstić information content (AvgIpc) is 2.27. The van der Waals surface area contributed by atoms with Crippen molar-refractivity contribution in [3.05, 3.63) is 28.3 Å². The summed E-state index contributed by atoms with van der Waals surface area (Å²) in [6.07, 6.45) is 0. The van der Waals surface area contributed by atoms with E-state index in [2.05, 4.69) is 0 Å². The Hall–Kier alpha value is -2.20. The third-order valence-electron chi connectivity index (χ3n) is 2.23. The Morgan fingerprint density at radius 3 is 2.58 bits per heavy atom. The van der Waals surface area contributed by atoms with Crippen molar-refractivity contribution < 1.29 is 23.2 Å². The Balaban J connectivity index is 3.26. The molecule has 3 N–H and O–H groups in total. The third-order valence-corrected chi connectivity index (χ3v) is 4.03. The summed E-state index contributed by atoms with van der Waals surface area (Å²) in [5.74, 6) is -1.51. The number of nitro benzene ring substituents is 1. The minimum Gasteiger partial charge on any atom is -0.502 e. The number of benzene rings is 1. The van der Waals surface area contributed by atoms with E-state index in [4.69, 9.17) is 5.73 Å². The van der Waals surface area contributed by atoms with Crippen molar-refractivity contribution in [2.45, 2.75) is 4.90 Å². The number of hydrogen-bond donors (Lipinski definition) is 2. The Morgan fingerprint density at radius 1 is 1.53 bits per heavy atom. The lowest BCUT2D eigenvalue weighted by Gasteiger charge is -2.15. The number of primary amides is 1. The fraction of sp³-hybridized carbons (Fsp3) is 0.222. The maximum absolute atomic E-state index is 12.0. The van der Waals surface area contributed by atoms with Gasteiger partial charge in [-0.3, -0.25) is 14.9 Å². The minimum absolute atomic E-state index is 0.416. The molecular weight excluding hydrogens is 278 g/mol. The summed E-state index contributed by atoms with van der Waals surface area (Å²) >= 11 is 0. The molecule has 1 aromatic rings. The van der Waals surface area contributed by atoms with Gasteiger partial charge in [-0.15, -0.1) is 0 Å². The zero-order valence-electron chi connectivity index (χ0n) is 9.81. The van der Waals surface area contributed by atoms with E-state index in [1.807, 2.05) is 0 Å². The van der Waals surface area contributed by atoms with E-state index < -0.39 is 43.7 Å². The van der Waals surface area contributed by atoms with Gasteiger partial charge in [-0.1, -0.05) is 0 Å². The van der Waals surface area contributed by atoms with Crippen LogP contribution in [0.1, 0.15) is 0 Å². The van der Waals surface area contributed by atoms with Gasteiger partial charge in [0.15, 0.2) is 5.75 Å². The van der Waals surface area contributed by atoms with Gasteiger partial charge < -0.3 is 10.8 Å². The number of amides is 1. The number of nitrogens with zero attached hydrogens (tertiary/aromatic N) is 2. The molecule has 19 heavy (non-hydrogen) atoms. The third kappa shape index (κ3) is 3.17. The quantitative estimate of drug-likeness (QED) is 0.547. The number of carbonyl (C=O) groups excluding carboxylic acids is 1. The first kappa shape index (κ1) is 14.9. The van der Waals surface area contributed by atoms with Crippen LogP contribution in [0.2, 0.25) is 0 Å². The van der Waals surface area contributed by atoms with Crippen LogP contribution in [0.15, 0.2) is 23.1 Å². The summed E-state index contributed by atoms with van der Waals surface area (Å²) in [6, 6.07) is 2.60. The van der Waals surface area contributed by atoms with Crippen molar-refractivity contribution in [2.24, 2.45) is 5.73 Å². The normalized spacial score (nSPS) is 11.5. The lowest BCUT2D eigenvalue weighted by Crippen LogP contribution is -2.35. The Labute approximate surface area is 108 Å². The van der Waals surface area contributed by atoms with Crippen LogP contribution in [0.5, 0.6) is 5.75 Å². The fourth-order valence-electron chi connectivity index (χ4n) is 1.29. The molecule has 1 amide bonds. The van der Waals surface area contributed by atoms with Gasteiger partial charge in [-0.2, -0.15) is 4.31 Å². The lowest BCUT2D eigenvalue weighted by molar-refractivity contribution is -0.386. The van der Waals surface area contributed by atoms with E-state index in [1.165, 1.54) is 0 Å². The van der Waals surface area contributed by atoms with Gasteiger partial charge in [0, 0.05) is 13.1 Å². The number of nitro groups is 1. The molecule has 1 aromatic carbocycles. The molecule has 0 bridgehead atoms. The maximum Gasteiger partial charge on any atom is 0.312 e. The molecule has 0 aromatic heterocycles. The number of aromatic hydroxyl groups is 1. The Morgan fingerprint density at radius 2 is 2.11 bits per heavy atom. The predicted octanol–water partition coefficient (Wildman–Crippen LogP) is -0.594. The minimum atomic E-state index is -4.09. The maximum atomic E-state index is 12.0. The van der Waals surface area contributed by atoms with Gasteiger partial charge in [-0.25, -0.2) is 8.42 Å².